The van der Waals surface area contributed by atoms with Crippen molar-refractivity contribution in [2.24, 2.45) is 12.8 Å². The van der Waals surface area contributed by atoms with Crippen LogP contribution in [-0.4, -0.2) is 86.7 Å². The highest BCUT2D eigenvalue weighted by Crippen LogP contribution is 2.29. The summed E-state index contributed by atoms with van der Waals surface area (Å²) in [6.07, 6.45) is 2.45. The Kier molecular flexibility index (Phi) is 10.2. The molecule has 1 saturated heterocycles. The molecule has 1 aromatic carbocycles. The number of sulfonamides is 1. The number of piperazine rings is 1. The van der Waals surface area contributed by atoms with Crippen LogP contribution in [-0.2, 0) is 23.5 Å². The zero-order chi connectivity index (χ0) is 27.9. The average molecular weight is 556 g/mol. The fourth-order valence-corrected chi connectivity index (χ4v) is 5.96. The molecule has 0 atom stereocenters. The predicted octanol–water partition coefficient (Wildman–Crippen LogP) is 2.34. The highest BCUT2D eigenvalue weighted by atomic mass is 32.2. The average Bonchev–Trinajstić information content (AvgIpc) is 3.21. The lowest BCUT2D eigenvalue weighted by Crippen LogP contribution is -2.48. The molecule has 0 bridgehead atoms. The van der Waals surface area contributed by atoms with Crippen LogP contribution in [0.3, 0.4) is 0 Å². The maximum atomic E-state index is 13.4. The number of hydrogen-bond acceptors (Lipinski definition) is 6. The Labute approximate surface area is 221 Å². The van der Waals surface area contributed by atoms with Crippen molar-refractivity contribution in [3.63, 3.8) is 0 Å². The number of anilines is 1. The maximum Gasteiger partial charge on any atom is 0.267 e. The van der Waals surface area contributed by atoms with Gasteiger partial charge in [0.1, 0.15) is 11.4 Å². The molecule has 13 heteroatoms. The Morgan fingerprint density at radius 3 is 2.39 bits per heavy atom. The molecule has 2 amide bonds. The number of carbonyl (C=O) groups excluding carboxylic acids is 2. The molecular weight excluding hydrogens is 520 g/mol. The molecule has 38 heavy (non-hydrogen) atoms. The second-order valence-corrected chi connectivity index (χ2v) is 10.9. The number of carbonyl (C=O) groups is 2. The lowest BCUT2D eigenvalue weighted by atomic mass is 10.1. The van der Waals surface area contributed by atoms with Crippen LogP contribution < -0.4 is 15.8 Å². The molecule has 1 aliphatic rings. The first-order chi connectivity index (χ1) is 18.1. The summed E-state index contributed by atoms with van der Waals surface area (Å²) in [6.45, 7) is 2.98. The third-order valence-electron chi connectivity index (χ3n) is 6.38. The van der Waals surface area contributed by atoms with E-state index in [1.54, 1.807) is 20.2 Å². The molecule has 0 spiro atoms. The summed E-state index contributed by atoms with van der Waals surface area (Å²) >= 11 is 0. The van der Waals surface area contributed by atoms with Gasteiger partial charge in [-0.3, -0.25) is 18.4 Å². The molecule has 1 aromatic heterocycles. The molecule has 2 heterocycles. The highest BCUT2D eigenvalue weighted by Gasteiger charge is 2.30. The van der Waals surface area contributed by atoms with Crippen molar-refractivity contribution in [2.75, 3.05) is 58.0 Å². The fraction of sp³-hybridized carbons (Fsp3) is 0.520. The first kappa shape index (κ1) is 29.5. The number of halogens is 2. The summed E-state index contributed by atoms with van der Waals surface area (Å²) in [4.78, 5) is 27.5. The quantitative estimate of drug-likeness (QED) is 0.391. The number of primary amides is 1. The molecule has 3 N–H and O–H groups in total. The first-order valence-corrected chi connectivity index (χ1v) is 14.0. The van der Waals surface area contributed by atoms with Gasteiger partial charge in [0.05, 0.1) is 36.1 Å². The number of nitrogens with one attached hydrogen (secondary N) is 1. The molecule has 0 radical (unpaired) electrons. The Bertz CT molecular complexity index is 1240. The summed E-state index contributed by atoms with van der Waals surface area (Å²) in [7, 11) is -2.34. The summed E-state index contributed by atoms with van der Waals surface area (Å²) in [5, 5.41) is 2.68. The van der Waals surface area contributed by atoms with E-state index in [9.17, 15) is 26.8 Å². The zero-order valence-corrected chi connectivity index (χ0v) is 22.5. The second kappa shape index (κ2) is 13.2. The lowest BCUT2D eigenvalue weighted by Gasteiger charge is -2.33. The molecule has 3 rings (SSSR count). The van der Waals surface area contributed by atoms with E-state index in [0.717, 1.165) is 0 Å². The van der Waals surface area contributed by atoms with Gasteiger partial charge in [-0.15, -0.1) is 0 Å². The predicted molar refractivity (Wildman–Crippen MR) is 140 cm³/mol. The van der Waals surface area contributed by atoms with E-state index in [-0.39, 0.29) is 60.1 Å². The SMILES string of the molecule is CCOc1ccc(S(=O)(=O)N2CCN(CCCF)CC2)cc1C(=O)Nc1c(CCCF)cn(C)c1C(N)=O. The Hall–Kier alpha value is -3.03. The van der Waals surface area contributed by atoms with Crippen LogP contribution in [0.1, 0.15) is 46.2 Å². The number of nitrogens with two attached hydrogens (primary N) is 1. The number of aryl methyl sites for hydroxylation is 2. The molecule has 1 fully saturated rings. The van der Waals surface area contributed by atoms with Crippen LogP contribution in [0.25, 0.3) is 0 Å². The van der Waals surface area contributed by atoms with Crippen LogP contribution >= 0.6 is 0 Å². The number of ether oxygens (including phenoxy) is 1. The number of aromatic nitrogens is 1. The molecule has 0 saturated carbocycles. The lowest BCUT2D eigenvalue weighted by molar-refractivity contribution is 0.0993. The second-order valence-electron chi connectivity index (χ2n) is 8.98. The Morgan fingerprint density at radius 2 is 1.79 bits per heavy atom. The van der Waals surface area contributed by atoms with Gasteiger partial charge in [0.15, 0.2) is 0 Å². The number of alkyl halides is 2. The highest BCUT2D eigenvalue weighted by molar-refractivity contribution is 7.89. The summed E-state index contributed by atoms with van der Waals surface area (Å²) < 4.78 is 60.5. The molecule has 0 unspecified atom stereocenters. The molecular formula is C25H35F2N5O5S. The topological polar surface area (TPSA) is 127 Å². The number of benzene rings is 1. The minimum absolute atomic E-state index is 0.0368. The normalized spacial score (nSPS) is 14.9. The monoisotopic (exact) mass is 555 g/mol. The van der Waals surface area contributed by atoms with E-state index in [2.05, 4.69) is 5.32 Å². The van der Waals surface area contributed by atoms with Gasteiger partial charge in [-0.2, -0.15) is 4.31 Å². The minimum atomic E-state index is -3.93. The van der Waals surface area contributed by atoms with Crippen molar-refractivity contribution in [3.8, 4) is 5.75 Å². The first-order valence-electron chi connectivity index (χ1n) is 12.5. The maximum absolute atomic E-state index is 13.4. The van der Waals surface area contributed by atoms with Crippen molar-refractivity contribution in [3.05, 3.63) is 41.2 Å². The summed E-state index contributed by atoms with van der Waals surface area (Å²) in [6, 6.07) is 4.06. The molecule has 10 nitrogen and oxygen atoms in total. The van der Waals surface area contributed by atoms with Crippen molar-refractivity contribution >= 4 is 27.5 Å². The van der Waals surface area contributed by atoms with Crippen LogP contribution in [0.5, 0.6) is 5.75 Å². The van der Waals surface area contributed by atoms with E-state index < -0.39 is 35.2 Å². The van der Waals surface area contributed by atoms with Crippen LogP contribution in [0, 0.1) is 0 Å². The molecule has 210 valence electrons. The van der Waals surface area contributed by atoms with Gasteiger partial charge in [-0.05, 0) is 49.9 Å². The van der Waals surface area contributed by atoms with E-state index in [1.807, 2.05) is 4.90 Å². The largest absolute Gasteiger partial charge is 0.493 e. The van der Waals surface area contributed by atoms with E-state index in [1.165, 1.54) is 27.1 Å². The standard InChI is InChI=1S/C25H35F2N5O5S/c1-3-37-21-8-7-19(38(35,36)32-14-12-31(13-15-32)11-5-10-27)16-20(21)25(34)29-22-18(6-4-9-26)17-30(2)23(22)24(28)33/h7-8,16-17H,3-6,9-15H2,1-2H3,(H2,28,33)(H,29,34). The minimum Gasteiger partial charge on any atom is -0.493 e. The van der Waals surface area contributed by atoms with Crippen molar-refractivity contribution < 1.29 is 31.5 Å². The van der Waals surface area contributed by atoms with Crippen LogP contribution in [0.15, 0.2) is 29.3 Å². The van der Waals surface area contributed by atoms with Gasteiger partial charge >= 0.3 is 0 Å². The Morgan fingerprint density at radius 1 is 1.11 bits per heavy atom. The summed E-state index contributed by atoms with van der Waals surface area (Å²) in [5.74, 6) is -1.31. The van der Waals surface area contributed by atoms with E-state index in [4.69, 9.17) is 10.5 Å². The summed E-state index contributed by atoms with van der Waals surface area (Å²) in [5.41, 5.74) is 6.22. The van der Waals surface area contributed by atoms with Gasteiger partial charge in [-0.1, -0.05) is 0 Å². The third kappa shape index (κ3) is 6.69. The van der Waals surface area contributed by atoms with Crippen LogP contribution in [0.4, 0.5) is 14.5 Å². The Balaban J connectivity index is 1.92. The van der Waals surface area contributed by atoms with Gasteiger partial charge in [0.25, 0.3) is 11.8 Å². The third-order valence-corrected chi connectivity index (χ3v) is 8.28. The van der Waals surface area contributed by atoms with E-state index >= 15 is 0 Å². The van der Waals surface area contributed by atoms with Crippen molar-refractivity contribution in [1.29, 1.82) is 0 Å². The van der Waals surface area contributed by atoms with Gasteiger partial charge in [0, 0.05) is 46.0 Å². The van der Waals surface area contributed by atoms with Gasteiger partial charge in [0.2, 0.25) is 10.0 Å². The fourth-order valence-electron chi connectivity index (χ4n) is 4.51. The smallest absolute Gasteiger partial charge is 0.267 e. The number of rotatable bonds is 13. The zero-order valence-electron chi connectivity index (χ0n) is 21.7. The number of nitrogens with zero attached hydrogens (tertiary/aromatic N) is 3. The number of hydrogen-bond donors (Lipinski definition) is 2. The van der Waals surface area contributed by atoms with Crippen molar-refractivity contribution in [2.45, 2.75) is 31.1 Å². The molecule has 1 aliphatic heterocycles. The molecule has 2 aromatic rings. The van der Waals surface area contributed by atoms with E-state index in [0.29, 0.717) is 31.6 Å². The molecule has 0 aliphatic carbocycles. The van der Waals surface area contributed by atoms with Crippen LogP contribution in [0.2, 0.25) is 0 Å². The van der Waals surface area contributed by atoms with Crippen molar-refractivity contribution in [1.82, 2.24) is 13.8 Å². The van der Waals surface area contributed by atoms with Gasteiger partial charge in [-0.25, -0.2) is 8.42 Å². The van der Waals surface area contributed by atoms with Gasteiger partial charge < -0.3 is 25.3 Å². The number of amides is 2.